The molecule has 1 aliphatic rings. The van der Waals surface area contributed by atoms with E-state index in [0.717, 1.165) is 6.42 Å². The maximum absolute atomic E-state index is 9.04. The Morgan fingerprint density at radius 1 is 1.69 bits per heavy atom. The molecule has 0 saturated carbocycles. The summed E-state index contributed by atoms with van der Waals surface area (Å²) in [6, 6.07) is 1.88. The third-order valence-corrected chi connectivity index (χ3v) is 2.96. The second-order valence-electron chi connectivity index (χ2n) is 4.12. The van der Waals surface area contributed by atoms with Gasteiger partial charge in [0.1, 0.15) is 12.3 Å². The fourth-order valence-corrected chi connectivity index (χ4v) is 2.12. The topological polar surface area (TPSA) is 92.4 Å². The molecule has 2 heterocycles. The molecule has 0 amide bonds. The van der Waals surface area contributed by atoms with Crippen LogP contribution in [0.15, 0.2) is 10.7 Å². The number of hydrogen-bond acceptors (Lipinski definition) is 5. The molecule has 1 aromatic heterocycles. The summed E-state index contributed by atoms with van der Waals surface area (Å²) in [6.45, 7) is 2.03. The van der Waals surface area contributed by atoms with Crippen LogP contribution in [0, 0.1) is 17.2 Å². The quantitative estimate of drug-likeness (QED) is 0.784. The third-order valence-electron chi connectivity index (χ3n) is 2.96. The maximum Gasteiger partial charge on any atom is 0.226 e. The van der Waals surface area contributed by atoms with E-state index < -0.39 is 0 Å². The Kier molecular flexibility index (Phi) is 2.86. The zero-order chi connectivity index (χ0) is 11.7. The zero-order valence-electron chi connectivity index (χ0n) is 9.01. The van der Waals surface area contributed by atoms with Gasteiger partial charge in [-0.2, -0.15) is 5.26 Å². The molecule has 5 nitrogen and oxygen atoms in total. The highest BCUT2D eigenvalue weighted by Crippen LogP contribution is 2.41. The van der Waals surface area contributed by atoms with E-state index in [4.69, 9.17) is 25.3 Å². The van der Waals surface area contributed by atoms with Gasteiger partial charge in [0.15, 0.2) is 0 Å². The largest absolute Gasteiger partial charge is 0.451 e. The molecule has 3 N–H and O–H groups in total. The van der Waals surface area contributed by atoms with Crippen molar-refractivity contribution in [3.05, 3.63) is 17.6 Å². The second kappa shape index (κ2) is 4.16. The zero-order valence-corrected chi connectivity index (χ0v) is 9.01. The summed E-state index contributed by atoms with van der Waals surface area (Å²) in [5.41, 5.74) is 6.84. The molecular formula is C11H14N2O3. The van der Waals surface area contributed by atoms with Crippen LogP contribution in [0.5, 0.6) is 0 Å². The first kappa shape index (κ1) is 11.0. The average Bonchev–Trinajstić information content (AvgIpc) is 2.81. The van der Waals surface area contributed by atoms with Crippen LogP contribution in [0.4, 0.5) is 5.69 Å². The summed E-state index contributed by atoms with van der Waals surface area (Å²) in [4.78, 5) is 0. The molecule has 1 aromatic rings. The van der Waals surface area contributed by atoms with Gasteiger partial charge in [-0.3, -0.25) is 0 Å². The lowest BCUT2D eigenvalue weighted by Gasteiger charge is -2.13. The lowest BCUT2D eigenvalue weighted by atomic mass is 9.97. The Hall–Kier alpha value is -1.51. The normalized spacial score (nSPS) is 29.2. The van der Waals surface area contributed by atoms with Crippen LogP contribution in [0.25, 0.3) is 0 Å². The fraction of sp³-hybridized carbons (Fsp3) is 0.545. The lowest BCUT2D eigenvalue weighted by Crippen LogP contribution is -2.11. The minimum Gasteiger partial charge on any atom is -0.451 e. The van der Waals surface area contributed by atoms with E-state index in [1.807, 2.05) is 13.0 Å². The number of furan rings is 1. The van der Waals surface area contributed by atoms with Crippen molar-refractivity contribution in [1.82, 2.24) is 0 Å². The SMILES string of the molecule is CC1C[C@@H](CO)O[C@H]1c1coc(C#N)c1N. The molecule has 0 bridgehead atoms. The van der Waals surface area contributed by atoms with Crippen molar-refractivity contribution >= 4 is 5.69 Å². The molecule has 0 spiro atoms. The molecule has 0 aromatic carbocycles. The number of ether oxygens (including phenoxy) is 1. The molecular weight excluding hydrogens is 208 g/mol. The van der Waals surface area contributed by atoms with Crippen LogP contribution in [-0.4, -0.2) is 17.8 Å². The summed E-state index contributed by atoms with van der Waals surface area (Å²) in [5.74, 6) is 0.377. The monoisotopic (exact) mass is 222 g/mol. The number of anilines is 1. The lowest BCUT2D eigenvalue weighted by molar-refractivity contribution is 0.00525. The predicted molar refractivity (Wildman–Crippen MR) is 56.3 cm³/mol. The molecule has 1 fully saturated rings. The van der Waals surface area contributed by atoms with Gasteiger partial charge in [0, 0.05) is 5.56 Å². The number of hydrogen-bond donors (Lipinski definition) is 2. The van der Waals surface area contributed by atoms with Gasteiger partial charge < -0.3 is 20.0 Å². The van der Waals surface area contributed by atoms with Gasteiger partial charge in [-0.25, -0.2) is 0 Å². The molecule has 16 heavy (non-hydrogen) atoms. The van der Waals surface area contributed by atoms with Crippen molar-refractivity contribution in [3.63, 3.8) is 0 Å². The summed E-state index contributed by atoms with van der Waals surface area (Å²) >= 11 is 0. The first-order valence-electron chi connectivity index (χ1n) is 5.20. The van der Waals surface area contributed by atoms with Gasteiger partial charge in [-0.1, -0.05) is 6.92 Å². The molecule has 5 heteroatoms. The van der Waals surface area contributed by atoms with Crippen molar-refractivity contribution in [2.75, 3.05) is 12.3 Å². The van der Waals surface area contributed by atoms with E-state index in [1.54, 1.807) is 0 Å². The van der Waals surface area contributed by atoms with Gasteiger partial charge in [-0.15, -0.1) is 0 Å². The minimum absolute atomic E-state index is 0.00367. The first-order chi connectivity index (χ1) is 7.67. The molecule has 1 unspecified atom stereocenters. The van der Waals surface area contributed by atoms with Gasteiger partial charge in [0.05, 0.1) is 24.5 Å². The Bertz CT molecular complexity index is 421. The van der Waals surface area contributed by atoms with Crippen molar-refractivity contribution < 1.29 is 14.3 Å². The average molecular weight is 222 g/mol. The van der Waals surface area contributed by atoms with Gasteiger partial charge in [0.25, 0.3) is 0 Å². The summed E-state index contributed by atoms with van der Waals surface area (Å²) in [6.07, 6.45) is 1.91. The first-order valence-corrected chi connectivity index (χ1v) is 5.20. The number of rotatable bonds is 2. The molecule has 3 atom stereocenters. The van der Waals surface area contributed by atoms with Crippen molar-refractivity contribution in [3.8, 4) is 6.07 Å². The highest BCUT2D eigenvalue weighted by molar-refractivity contribution is 5.55. The highest BCUT2D eigenvalue weighted by atomic mass is 16.5. The fourth-order valence-electron chi connectivity index (χ4n) is 2.12. The molecule has 2 rings (SSSR count). The number of aliphatic hydroxyl groups excluding tert-OH is 1. The number of aliphatic hydroxyl groups is 1. The summed E-state index contributed by atoms with van der Waals surface area (Å²) < 4.78 is 10.7. The summed E-state index contributed by atoms with van der Waals surface area (Å²) in [7, 11) is 0. The van der Waals surface area contributed by atoms with Crippen LogP contribution < -0.4 is 5.73 Å². The van der Waals surface area contributed by atoms with E-state index in [2.05, 4.69) is 0 Å². The predicted octanol–water partition coefficient (Wildman–Crippen LogP) is 1.19. The van der Waals surface area contributed by atoms with E-state index in [9.17, 15) is 0 Å². The Morgan fingerprint density at radius 3 is 2.94 bits per heavy atom. The molecule has 0 radical (unpaired) electrons. The van der Waals surface area contributed by atoms with E-state index in [-0.39, 0.29) is 30.5 Å². The van der Waals surface area contributed by atoms with Crippen molar-refractivity contribution in [2.45, 2.75) is 25.6 Å². The third kappa shape index (κ3) is 1.66. The van der Waals surface area contributed by atoms with Crippen LogP contribution in [0.3, 0.4) is 0 Å². The molecule has 0 aliphatic carbocycles. The second-order valence-corrected chi connectivity index (χ2v) is 4.12. The van der Waals surface area contributed by atoms with Crippen LogP contribution >= 0.6 is 0 Å². The molecule has 1 aliphatic heterocycles. The van der Waals surface area contributed by atoms with Crippen molar-refractivity contribution in [2.24, 2.45) is 5.92 Å². The molecule has 86 valence electrons. The highest BCUT2D eigenvalue weighted by Gasteiger charge is 2.35. The number of nitrogens with zero attached hydrogens (tertiary/aromatic N) is 1. The maximum atomic E-state index is 9.04. The smallest absolute Gasteiger partial charge is 0.226 e. The number of nitrogen functional groups attached to an aromatic ring is 1. The van der Waals surface area contributed by atoms with Crippen molar-refractivity contribution in [1.29, 1.82) is 5.26 Å². The molecule has 1 saturated heterocycles. The van der Waals surface area contributed by atoms with Gasteiger partial charge in [0.2, 0.25) is 5.76 Å². The Balaban J connectivity index is 2.25. The summed E-state index contributed by atoms with van der Waals surface area (Å²) in [5, 5.41) is 17.8. The van der Waals surface area contributed by atoms with E-state index >= 15 is 0 Å². The van der Waals surface area contributed by atoms with Gasteiger partial charge >= 0.3 is 0 Å². The van der Waals surface area contributed by atoms with Crippen LogP contribution in [-0.2, 0) is 4.74 Å². The Labute approximate surface area is 93.4 Å². The van der Waals surface area contributed by atoms with Crippen LogP contribution in [0.2, 0.25) is 0 Å². The standard InChI is InChI=1S/C11H14N2O3/c1-6-2-7(4-14)16-11(6)8-5-15-9(3-12)10(8)13/h5-7,11,14H,2,4,13H2,1H3/t6?,7-,11+/m0/s1. The van der Waals surface area contributed by atoms with E-state index in [0.29, 0.717) is 11.3 Å². The Morgan fingerprint density at radius 2 is 2.44 bits per heavy atom. The number of nitrogens with two attached hydrogens (primary N) is 1. The number of nitriles is 1. The van der Waals surface area contributed by atoms with Crippen LogP contribution in [0.1, 0.15) is 30.8 Å². The van der Waals surface area contributed by atoms with Gasteiger partial charge in [-0.05, 0) is 12.3 Å². The van der Waals surface area contributed by atoms with E-state index in [1.165, 1.54) is 6.26 Å². The minimum atomic E-state index is -0.192.